The number of hydrogen-bond acceptors (Lipinski definition) is 5. The van der Waals surface area contributed by atoms with Crippen LogP contribution < -0.4 is 5.73 Å². The Morgan fingerprint density at radius 2 is 2.35 bits per heavy atom. The molecule has 0 spiro atoms. The Morgan fingerprint density at radius 3 is 2.94 bits per heavy atom. The maximum atomic E-state index is 5.83. The molecule has 1 fully saturated rings. The Bertz CT molecular complexity index is 374. The number of thiazole rings is 1. The van der Waals surface area contributed by atoms with E-state index in [1.165, 1.54) is 18.0 Å². The second-order valence-corrected chi connectivity index (χ2v) is 7.98. The number of nitrogens with two attached hydrogens (primary N) is 1. The van der Waals surface area contributed by atoms with Gasteiger partial charge in [0.1, 0.15) is 5.01 Å². The molecule has 0 bridgehead atoms. The average Bonchev–Trinajstić information content (AvgIpc) is 2.64. The van der Waals surface area contributed by atoms with Crippen LogP contribution in [0.5, 0.6) is 0 Å². The second-order valence-electron chi connectivity index (χ2n) is 5.28. The fourth-order valence-corrected chi connectivity index (χ4v) is 4.03. The Hall–Kier alpha value is -0.100. The molecule has 96 valence electrons. The Labute approximate surface area is 112 Å². The normalized spacial score (nSPS) is 22.6. The topological polar surface area (TPSA) is 42.1 Å². The molecule has 1 aromatic heterocycles. The summed E-state index contributed by atoms with van der Waals surface area (Å²) in [6, 6.07) is 0.0575. The molecule has 1 aliphatic heterocycles. The van der Waals surface area contributed by atoms with Crippen molar-refractivity contribution < 1.29 is 0 Å². The zero-order chi connectivity index (χ0) is 12.5. The fraction of sp³-hybridized carbons (Fsp3) is 0.750. The highest BCUT2D eigenvalue weighted by molar-refractivity contribution is 8.00. The predicted octanol–water partition coefficient (Wildman–Crippen LogP) is 2.49. The summed E-state index contributed by atoms with van der Waals surface area (Å²) in [4.78, 5) is 7.09. The molecular formula is C12H21N3S2. The third-order valence-corrected chi connectivity index (χ3v) is 5.24. The smallest absolute Gasteiger partial charge is 0.109 e. The van der Waals surface area contributed by atoms with E-state index in [9.17, 15) is 0 Å². The zero-order valence-corrected chi connectivity index (χ0v) is 12.4. The largest absolute Gasteiger partial charge is 0.322 e. The lowest BCUT2D eigenvalue weighted by molar-refractivity contribution is 0.250. The van der Waals surface area contributed by atoms with Gasteiger partial charge in [-0.3, -0.25) is 4.90 Å². The number of nitrogens with zero attached hydrogens (tertiary/aromatic N) is 2. The summed E-state index contributed by atoms with van der Waals surface area (Å²) in [6.07, 6.45) is 0. The highest BCUT2D eigenvalue weighted by Crippen LogP contribution is 2.30. The number of aromatic nitrogens is 1. The van der Waals surface area contributed by atoms with Gasteiger partial charge in [0.2, 0.25) is 0 Å². The number of hydrogen-bond donors (Lipinski definition) is 1. The van der Waals surface area contributed by atoms with Gasteiger partial charge in [-0.25, -0.2) is 4.98 Å². The highest BCUT2D eigenvalue weighted by Gasteiger charge is 2.27. The molecule has 1 saturated heterocycles. The van der Waals surface area contributed by atoms with Crippen molar-refractivity contribution in [3.63, 3.8) is 0 Å². The molecule has 1 atom stereocenters. The first-order valence-corrected chi connectivity index (χ1v) is 7.89. The summed E-state index contributed by atoms with van der Waals surface area (Å²) >= 11 is 3.74. The molecule has 0 aromatic carbocycles. The van der Waals surface area contributed by atoms with Gasteiger partial charge in [0.05, 0.1) is 11.7 Å². The van der Waals surface area contributed by atoms with E-state index in [-0.39, 0.29) is 6.04 Å². The van der Waals surface area contributed by atoms with Crippen LogP contribution in [0, 0.1) is 0 Å². The van der Waals surface area contributed by atoms with Crippen molar-refractivity contribution in [3.05, 3.63) is 16.1 Å². The van der Waals surface area contributed by atoms with E-state index in [2.05, 4.69) is 40.9 Å². The van der Waals surface area contributed by atoms with Gasteiger partial charge in [-0.1, -0.05) is 0 Å². The molecule has 1 aliphatic rings. The summed E-state index contributed by atoms with van der Waals surface area (Å²) in [6.45, 7) is 9.90. The maximum absolute atomic E-state index is 5.83. The van der Waals surface area contributed by atoms with Crippen LogP contribution in [-0.2, 0) is 6.54 Å². The molecule has 0 amide bonds. The third kappa shape index (κ3) is 3.68. The van der Waals surface area contributed by atoms with Gasteiger partial charge in [0.15, 0.2) is 0 Å². The molecule has 2 rings (SSSR count). The molecule has 1 aromatic rings. The predicted molar refractivity (Wildman–Crippen MR) is 76.5 cm³/mol. The van der Waals surface area contributed by atoms with E-state index >= 15 is 0 Å². The van der Waals surface area contributed by atoms with Crippen molar-refractivity contribution in [1.29, 1.82) is 0 Å². The minimum Gasteiger partial charge on any atom is -0.322 e. The first-order chi connectivity index (χ1) is 7.96. The van der Waals surface area contributed by atoms with Gasteiger partial charge >= 0.3 is 0 Å². The van der Waals surface area contributed by atoms with E-state index in [1.54, 1.807) is 11.3 Å². The number of rotatable bonds is 3. The van der Waals surface area contributed by atoms with E-state index in [0.29, 0.717) is 4.75 Å². The molecular weight excluding hydrogens is 250 g/mol. The van der Waals surface area contributed by atoms with E-state index < -0.39 is 0 Å². The van der Waals surface area contributed by atoms with Crippen molar-refractivity contribution in [2.75, 3.05) is 18.8 Å². The van der Waals surface area contributed by atoms with Crippen LogP contribution in [0.2, 0.25) is 0 Å². The van der Waals surface area contributed by atoms with Crippen LogP contribution in [-0.4, -0.2) is 33.5 Å². The van der Waals surface area contributed by atoms with E-state index in [1.807, 2.05) is 6.92 Å². The molecule has 17 heavy (non-hydrogen) atoms. The van der Waals surface area contributed by atoms with Crippen LogP contribution in [0.4, 0.5) is 0 Å². The van der Waals surface area contributed by atoms with Crippen LogP contribution in [0.1, 0.15) is 37.5 Å². The van der Waals surface area contributed by atoms with Gasteiger partial charge in [-0.05, 0) is 20.8 Å². The zero-order valence-electron chi connectivity index (χ0n) is 10.8. The van der Waals surface area contributed by atoms with Crippen molar-refractivity contribution in [3.8, 4) is 0 Å². The summed E-state index contributed by atoms with van der Waals surface area (Å²) in [5.41, 5.74) is 7.01. The van der Waals surface area contributed by atoms with Gasteiger partial charge in [0, 0.05) is 35.5 Å². The molecule has 3 nitrogen and oxygen atoms in total. The summed E-state index contributed by atoms with van der Waals surface area (Å²) < 4.78 is 0.373. The fourth-order valence-electron chi connectivity index (χ4n) is 2.08. The standard InChI is InChI=1S/C12H21N3S2/c1-9(13)11-14-10(7-16-11)6-15-4-5-17-12(2,3)8-15/h7,9H,4-6,8,13H2,1-3H3. The molecule has 1 unspecified atom stereocenters. The average molecular weight is 271 g/mol. The molecule has 0 aliphatic carbocycles. The van der Waals surface area contributed by atoms with Gasteiger partial charge in [0.25, 0.3) is 0 Å². The van der Waals surface area contributed by atoms with Gasteiger partial charge in [-0.2, -0.15) is 11.8 Å². The molecule has 0 radical (unpaired) electrons. The van der Waals surface area contributed by atoms with E-state index in [4.69, 9.17) is 5.73 Å². The summed E-state index contributed by atoms with van der Waals surface area (Å²) in [5.74, 6) is 1.22. The minimum atomic E-state index is 0.0575. The van der Waals surface area contributed by atoms with Crippen LogP contribution >= 0.6 is 23.1 Å². The maximum Gasteiger partial charge on any atom is 0.109 e. The lowest BCUT2D eigenvalue weighted by Crippen LogP contribution is -2.42. The van der Waals surface area contributed by atoms with Gasteiger partial charge in [-0.15, -0.1) is 11.3 Å². The van der Waals surface area contributed by atoms with Crippen LogP contribution in [0.3, 0.4) is 0 Å². The molecule has 0 saturated carbocycles. The first kappa shape index (κ1) is 13.3. The monoisotopic (exact) mass is 271 g/mol. The van der Waals surface area contributed by atoms with E-state index in [0.717, 1.165) is 18.1 Å². The van der Waals surface area contributed by atoms with Gasteiger partial charge < -0.3 is 5.73 Å². The van der Waals surface area contributed by atoms with Crippen molar-refractivity contribution in [2.24, 2.45) is 5.73 Å². The summed E-state index contributed by atoms with van der Waals surface area (Å²) in [5, 5.41) is 3.19. The van der Waals surface area contributed by atoms with Crippen molar-refractivity contribution in [1.82, 2.24) is 9.88 Å². The molecule has 2 heterocycles. The lowest BCUT2D eigenvalue weighted by Gasteiger charge is -2.37. The van der Waals surface area contributed by atoms with Crippen LogP contribution in [0.15, 0.2) is 5.38 Å². The Morgan fingerprint density at radius 1 is 1.59 bits per heavy atom. The Kier molecular flexibility index (Phi) is 4.13. The summed E-state index contributed by atoms with van der Waals surface area (Å²) in [7, 11) is 0. The number of thioether (sulfide) groups is 1. The lowest BCUT2D eigenvalue weighted by atomic mass is 10.2. The quantitative estimate of drug-likeness (QED) is 0.917. The third-order valence-electron chi connectivity index (χ3n) is 2.85. The van der Waals surface area contributed by atoms with Crippen molar-refractivity contribution in [2.45, 2.75) is 38.1 Å². The highest BCUT2D eigenvalue weighted by atomic mass is 32.2. The first-order valence-electron chi connectivity index (χ1n) is 6.02. The SMILES string of the molecule is CC(N)c1nc(CN2CCSC(C)(C)C2)cs1. The second kappa shape index (κ2) is 5.26. The molecule has 2 N–H and O–H groups in total. The van der Waals surface area contributed by atoms with Crippen LogP contribution in [0.25, 0.3) is 0 Å². The molecule has 5 heteroatoms. The minimum absolute atomic E-state index is 0.0575. The Balaban J connectivity index is 1.95. The van der Waals surface area contributed by atoms with Crippen molar-refractivity contribution >= 4 is 23.1 Å².